The van der Waals surface area contributed by atoms with Gasteiger partial charge in [0.05, 0.1) is 45.7 Å². The number of ether oxygens (including phenoxy) is 6. The minimum absolute atomic E-state index is 0.195. The number of allylic oxidation sites excluding steroid dienone is 1. The summed E-state index contributed by atoms with van der Waals surface area (Å²) in [6.07, 6.45) is 25.3. The summed E-state index contributed by atoms with van der Waals surface area (Å²) in [5.41, 5.74) is 1.16. The van der Waals surface area contributed by atoms with E-state index in [4.69, 9.17) is 28.4 Å². The van der Waals surface area contributed by atoms with Gasteiger partial charge in [0, 0.05) is 17.7 Å². The van der Waals surface area contributed by atoms with Crippen LogP contribution in [0.15, 0.2) is 30.3 Å². The van der Waals surface area contributed by atoms with Gasteiger partial charge in [-0.05, 0) is 56.4 Å². The molecule has 53 heavy (non-hydrogen) atoms. The number of rotatable bonds is 34. The summed E-state index contributed by atoms with van der Waals surface area (Å²) in [6, 6.07) is 7.55. The van der Waals surface area contributed by atoms with Crippen molar-refractivity contribution in [1.82, 2.24) is 0 Å². The molecule has 0 aromatic heterocycles. The van der Waals surface area contributed by atoms with Crippen molar-refractivity contribution in [2.24, 2.45) is 0 Å². The Bertz CT molecular complexity index is 1270. The monoisotopic (exact) mass is 739 g/mol. The maximum absolute atomic E-state index is 14.3. The second kappa shape index (κ2) is 30.0. The number of carbonyl (C=O) groups is 1. The number of ketones is 1. The Labute approximate surface area is 323 Å². The molecule has 7 nitrogen and oxygen atoms in total. The fourth-order valence-corrected chi connectivity index (χ4v) is 6.02. The number of unbranched alkanes of at least 4 members (excludes halogenated alkanes) is 15. The summed E-state index contributed by atoms with van der Waals surface area (Å²) in [5, 5.41) is 0. The molecule has 300 valence electrons. The van der Waals surface area contributed by atoms with Crippen LogP contribution < -0.4 is 28.4 Å². The molecule has 2 aromatic carbocycles. The predicted octanol–water partition coefficient (Wildman–Crippen LogP) is 13.4. The van der Waals surface area contributed by atoms with Crippen molar-refractivity contribution in [3.63, 3.8) is 0 Å². The molecule has 0 atom stereocenters. The smallest absolute Gasteiger partial charge is 0.189 e. The SMILES string of the molecule is CCCCCCOc1cc(C=CC(=O)c2cc(OCCCCCC)cc(OCCCCCC)c2OCCCCCC)c(OCCCCCC)c(OC)c1. The van der Waals surface area contributed by atoms with E-state index >= 15 is 0 Å². The second-order valence-corrected chi connectivity index (χ2v) is 14.1. The lowest BCUT2D eigenvalue weighted by Crippen LogP contribution is -2.09. The summed E-state index contributed by atoms with van der Waals surface area (Å²) in [4.78, 5) is 14.3. The van der Waals surface area contributed by atoms with Crippen molar-refractivity contribution in [3.8, 4) is 34.5 Å². The minimum atomic E-state index is -0.195. The summed E-state index contributed by atoms with van der Waals surface area (Å²) >= 11 is 0. The molecule has 2 aromatic rings. The first-order valence-corrected chi connectivity index (χ1v) is 21.3. The van der Waals surface area contributed by atoms with Crippen LogP contribution in [0.4, 0.5) is 0 Å². The third-order valence-electron chi connectivity index (χ3n) is 9.26. The molecule has 0 fully saturated rings. The van der Waals surface area contributed by atoms with Crippen LogP contribution in [0.5, 0.6) is 34.5 Å². The summed E-state index contributed by atoms with van der Waals surface area (Å²) in [6.45, 7) is 13.8. The highest BCUT2D eigenvalue weighted by atomic mass is 16.5. The summed E-state index contributed by atoms with van der Waals surface area (Å²) in [5.74, 6) is 3.37. The standard InChI is InChI=1S/C46H74O7/c1-7-12-17-22-29-49-39-34-38(45(43(36-39)48-6)52-32-25-20-15-10-4)27-28-42(47)41-35-40(50-30-23-18-13-8-2)37-44(51-31-24-19-14-9-3)46(41)53-33-26-21-16-11-5/h27-28,34-37H,7-26,29-33H2,1-6H3. The fraction of sp³-hybridized carbons (Fsp3) is 0.674. The average Bonchev–Trinajstić information content (AvgIpc) is 3.17. The van der Waals surface area contributed by atoms with Crippen molar-refractivity contribution in [3.05, 3.63) is 41.5 Å². The lowest BCUT2D eigenvalue weighted by atomic mass is 10.1. The Balaban J connectivity index is 2.52. The maximum Gasteiger partial charge on any atom is 0.189 e. The quantitative estimate of drug-likeness (QED) is 0.0402. The normalized spacial score (nSPS) is 11.2. The number of carbonyl (C=O) groups excluding carboxylic acids is 1. The third-order valence-corrected chi connectivity index (χ3v) is 9.26. The zero-order chi connectivity index (χ0) is 38.4. The van der Waals surface area contributed by atoms with Gasteiger partial charge in [-0.25, -0.2) is 0 Å². The first-order valence-electron chi connectivity index (χ1n) is 21.3. The summed E-state index contributed by atoms with van der Waals surface area (Å²) in [7, 11) is 1.64. The van der Waals surface area contributed by atoms with Crippen molar-refractivity contribution < 1.29 is 33.2 Å². The van der Waals surface area contributed by atoms with Crippen LogP contribution in [0.25, 0.3) is 6.08 Å². The number of benzene rings is 2. The highest BCUT2D eigenvalue weighted by Gasteiger charge is 2.20. The Morgan fingerprint density at radius 3 is 1.36 bits per heavy atom. The lowest BCUT2D eigenvalue weighted by Gasteiger charge is -2.18. The topological polar surface area (TPSA) is 72.5 Å². The summed E-state index contributed by atoms with van der Waals surface area (Å²) < 4.78 is 37.4. The molecule has 0 saturated carbocycles. The molecule has 0 N–H and O–H groups in total. The van der Waals surface area contributed by atoms with Gasteiger partial charge in [0.25, 0.3) is 0 Å². The number of hydrogen-bond acceptors (Lipinski definition) is 7. The van der Waals surface area contributed by atoms with Crippen LogP contribution in [0.2, 0.25) is 0 Å². The predicted molar refractivity (Wildman–Crippen MR) is 221 cm³/mol. The molecule has 0 aliphatic carbocycles. The molecule has 0 aliphatic rings. The molecule has 0 saturated heterocycles. The Morgan fingerprint density at radius 2 is 0.887 bits per heavy atom. The first kappa shape index (κ1) is 45.8. The van der Waals surface area contributed by atoms with E-state index in [2.05, 4.69) is 34.6 Å². The third kappa shape index (κ3) is 19.0. The lowest BCUT2D eigenvalue weighted by molar-refractivity contribution is 0.104. The molecule has 7 heteroatoms. The highest BCUT2D eigenvalue weighted by Crippen LogP contribution is 2.39. The van der Waals surface area contributed by atoms with Gasteiger partial charge in [-0.15, -0.1) is 0 Å². The van der Waals surface area contributed by atoms with Gasteiger partial charge >= 0.3 is 0 Å². The van der Waals surface area contributed by atoms with Crippen molar-refractivity contribution in [1.29, 1.82) is 0 Å². The van der Waals surface area contributed by atoms with Gasteiger partial charge in [-0.2, -0.15) is 0 Å². The van der Waals surface area contributed by atoms with Gasteiger partial charge < -0.3 is 28.4 Å². The Morgan fingerprint density at radius 1 is 0.472 bits per heavy atom. The fourth-order valence-electron chi connectivity index (χ4n) is 6.02. The van der Waals surface area contributed by atoms with Gasteiger partial charge in [-0.3, -0.25) is 4.79 Å². The van der Waals surface area contributed by atoms with Crippen molar-refractivity contribution in [2.45, 2.75) is 163 Å². The Kier molecular flexibility index (Phi) is 26.0. The molecule has 0 heterocycles. The van der Waals surface area contributed by atoms with Gasteiger partial charge in [0.2, 0.25) is 0 Å². The molecule has 2 rings (SSSR count). The Hall–Kier alpha value is -3.35. The van der Waals surface area contributed by atoms with Crippen LogP contribution in [-0.2, 0) is 0 Å². The van der Waals surface area contributed by atoms with Crippen LogP contribution >= 0.6 is 0 Å². The molecule has 0 spiro atoms. The van der Waals surface area contributed by atoms with Crippen molar-refractivity contribution >= 4 is 11.9 Å². The molecule has 0 radical (unpaired) electrons. The zero-order valence-electron chi connectivity index (χ0n) is 34.5. The number of methoxy groups -OCH3 is 1. The highest BCUT2D eigenvalue weighted by molar-refractivity contribution is 6.09. The van der Waals surface area contributed by atoms with Crippen LogP contribution in [-0.4, -0.2) is 45.9 Å². The van der Waals surface area contributed by atoms with E-state index in [1.807, 2.05) is 30.3 Å². The molecular formula is C46H74O7. The van der Waals surface area contributed by atoms with Crippen LogP contribution in [0, 0.1) is 0 Å². The van der Waals surface area contributed by atoms with Crippen LogP contribution in [0.1, 0.15) is 179 Å². The maximum atomic E-state index is 14.3. The van der Waals surface area contributed by atoms with Gasteiger partial charge in [0.15, 0.2) is 28.8 Å². The van der Waals surface area contributed by atoms with E-state index in [1.165, 1.54) is 32.1 Å². The molecule has 0 amide bonds. The first-order chi connectivity index (χ1) is 26.0. The molecule has 0 unspecified atom stereocenters. The van der Waals surface area contributed by atoms with E-state index in [9.17, 15) is 4.79 Å². The average molecular weight is 739 g/mol. The molecular weight excluding hydrogens is 664 g/mol. The molecule has 0 aliphatic heterocycles. The minimum Gasteiger partial charge on any atom is -0.493 e. The van der Waals surface area contributed by atoms with E-state index in [0.717, 1.165) is 102 Å². The molecule has 0 bridgehead atoms. The number of hydrogen-bond donors (Lipinski definition) is 0. The van der Waals surface area contributed by atoms with Crippen molar-refractivity contribution in [2.75, 3.05) is 40.1 Å². The van der Waals surface area contributed by atoms with E-state index in [1.54, 1.807) is 13.2 Å². The van der Waals surface area contributed by atoms with Gasteiger partial charge in [0.1, 0.15) is 11.5 Å². The van der Waals surface area contributed by atoms with E-state index in [0.29, 0.717) is 73.1 Å². The second-order valence-electron chi connectivity index (χ2n) is 14.1. The largest absolute Gasteiger partial charge is 0.493 e. The van der Waals surface area contributed by atoms with Gasteiger partial charge in [-0.1, -0.05) is 131 Å². The van der Waals surface area contributed by atoms with E-state index < -0.39 is 0 Å². The zero-order valence-corrected chi connectivity index (χ0v) is 34.5. The van der Waals surface area contributed by atoms with E-state index in [-0.39, 0.29) is 5.78 Å². The van der Waals surface area contributed by atoms with Crippen LogP contribution in [0.3, 0.4) is 0 Å².